The van der Waals surface area contributed by atoms with Crippen molar-refractivity contribution in [1.82, 2.24) is 0 Å². The molecule has 5 atom stereocenters. The van der Waals surface area contributed by atoms with Crippen molar-refractivity contribution in [2.75, 3.05) is 19.7 Å². The molecule has 2 aliphatic heterocycles. The van der Waals surface area contributed by atoms with E-state index in [1.165, 1.54) is 20.8 Å². The zero-order chi connectivity index (χ0) is 22.2. The third kappa shape index (κ3) is 4.24. The first-order valence-corrected chi connectivity index (χ1v) is 9.68. The molecule has 0 spiro atoms. The molecule has 0 saturated carbocycles. The number of allylic oxidation sites excluding steroid dienone is 1. The number of hydroxylamine groups is 3. The normalized spacial score (nSPS) is 30.2. The molecule has 0 bridgehead atoms. The second-order valence-corrected chi connectivity index (χ2v) is 8.36. The summed E-state index contributed by atoms with van der Waals surface area (Å²) < 4.78 is 10.1. The third-order valence-electron chi connectivity index (χ3n) is 5.93. The summed E-state index contributed by atoms with van der Waals surface area (Å²) in [6, 6.07) is -0.696. The van der Waals surface area contributed by atoms with Crippen LogP contribution in [0.15, 0.2) is 23.3 Å². The maximum Gasteiger partial charge on any atom is 0.344 e. The first-order chi connectivity index (χ1) is 13.3. The van der Waals surface area contributed by atoms with Gasteiger partial charge >= 0.3 is 11.9 Å². The number of esters is 2. The number of aliphatic hydroxyl groups excluding tert-OH is 1. The summed E-state index contributed by atoms with van der Waals surface area (Å²) in [4.78, 5) is 24.6. The van der Waals surface area contributed by atoms with Crippen molar-refractivity contribution in [3.8, 4) is 0 Å². The van der Waals surface area contributed by atoms with Crippen LogP contribution in [-0.4, -0.2) is 81.1 Å². The number of hydrogen-bond donors (Lipinski definition) is 3. The Hall–Kier alpha value is -1.78. The summed E-state index contributed by atoms with van der Waals surface area (Å²) >= 11 is 0. The summed E-state index contributed by atoms with van der Waals surface area (Å²) in [6.45, 7) is 7.00. The van der Waals surface area contributed by atoms with Crippen molar-refractivity contribution in [2.45, 2.75) is 70.5 Å². The van der Waals surface area contributed by atoms with E-state index >= 15 is 0 Å². The smallest absolute Gasteiger partial charge is 0.344 e. The second-order valence-electron chi connectivity index (χ2n) is 8.36. The maximum atomic E-state index is 13.0. The zero-order valence-electron chi connectivity index (χ0n) is 17.5. The molecule has 29 heavy (non-hydrogen) atoms. The highest BCUT2D eigenvalue weighted by Gasteiger charge is 2.55. The Morgan fingerprint density at radius 3 is 2.55 bits per heavy atom. The van der Waals surface area contributed by atoms with Gasteiger partial charge in [-0.25, -0.2) is 9.59 Å². The van der Waals surface area contributed by atoms with E-state index in [0.29, 0.717) is 17.6 Å². The van der Waals surface area contributed by atoms with Gasteiger partial charge in [-0.3, -0.25) is 0 Å². The molecule has 2 heterocycles. The summed E-state index contributed by atoms with van der Waals surface area (Å²) in [5, 5.41) is 43.5. The molecule has 164 valence electrons. The standard InChI is InChI=1S/C20H31NO8/c1-6-12(2)17(23)29-15-8-10-21(27)9-7-14(16(15)21)11-28-18(24)20(26,13(3)22)19(4,5)25/h6-7,13,15-16,22,25-26H,8-11H2,1-5H3/b12-6+/t13-,15+,16+,20+,21?/m0/s1. The molecule has 0 amide bonds. The van der Waals surface area contributed by atoms with Crippen LogP contribution in [0.3, 0.4) is 0 Å². The van der Waals surface area contributed by atoms with Crippen LogP contribution < -0.4 is 0 Å². The predicted octanol–water partition coefficient (Wildman–Crippen LogP) is 0.317. The van der Waals surface area contributed by atoms with Gasteiger partial charge in [-0.1, -0.05) is 6.08 Å². The zero-order valence-corrected chi connectivity index (χ0v) is 17.5. The van der Waals surface area contributed by atoms with Gasteiger partial charge in [0.1, 0.15) is 12.2 Å². The Morgan fingerprint density at radius 2 is 2.03 bits per heavy atom. The quantitative estimate of drug-likeness (QED) is 0.178. The molecule has 1 fully saturated rings. The van der Waals surface area contributed by atoms with Gasteiger partial charge in [0.25, 0.3) is 0 Å². The van der Waals surface area contributed by atoms with Crippen LogP contribution in [0, 0.1) is 5.21 Å². The van der Waals surface area contributed by atoms with Crippen LogP contribution in [0.1, 0.15) is 41.0 Å². The van der Waals surface area contributed by atoms with E-state index in [2.05, 4.69) is 0 Å². The van der Waals surface area contributed by atoms with Gasteiger partial charge < -0.3 is 34.6 Å². The van der Waals surface area contributed by atoms with E-state index in [-0.39, 0.29) is 19.7 Å². The average molecular weight is 413 g/mol. The van der Waals surface area contributed by atoms with Crippen LogP contribution in [0.2, 0.25) is 0 Å². The Kier molecular flexibility index (Phi) is 6.61. The van der Waals surface area contributed by atoms with Crippen molar-refractivity contribution in [1.29, 1.82) is 0 Å². The van der Waals surface area contributed by atoms with Crippen LogP contribution >= 0.6 is 0 Å². The second kappa shape index (κ2) is 8.16. The van der Waals surface area contributed by atoms with E-state index in [9.17, 15) is 30.1 Å². The first kappa shape index (κ1) is 23.5. The lowest BCUT2D eigenvalue weighted by molar-refractivity contribution is -0.877. The van der Waals surface area contributed by atoms with Crippen molar-refractivity contribution < 1.29 is 39.0 Å². The number of ether oxygens (including phenoxy) is 2. The van der Waals surface area contributed by atoms with E-state index < -0.39 is 46.0 Å². The molecule has 1 unspecified atom stereocenters. The number of rotatable bonds is 7. The molecule has 0 aliphatic carbocycles. The minimum atomic E-state index is -2.54. The molecule has 9 heteroatoms. The summed E-state index contributed by atoms with van der Waals surface area (Å²) in [7, 11) is 0. The number of carbonyl (C=O) groups is 2. The molecule has 0 aromatic carbocycles. The van der Waals surface area contributed by atoms with E-state index in [4.69, 9.17) is 9.47 Å². The van der Waals surface area contributed by atoms with Gasteiger partial charge in [-0.2, -0.15) is 0 Å². The largest absolute Gasteiger partial charge is 0.632 e. The number of quaternary nitrogens is 1. The number of carbonyl (C=O) groups excluding carboxylic acids is 2. The first-order valence-electron chi connectivity index (χ1n) is 9.68. The van der Waals surface area contributed by atoms with Gasteiger partial charge in [-0.05, 0) is 40.7 Å². The summed E-state index contributed by atoms with van der Waals surface area (Å²) in [6.07, 6.45) is 1.43. The highest BCUT2D eigenvalue weighted by Crippen LogP contribution is 2.38. The fourth-order valence-corrected chi connectivity index (χ4v) is 3.89. The maximum absolute atomic E-state index is 13.0. The van der Waals surface area contributed by atoms with E-state index in [1.807, 2.05) is 0 Å². The van der Waals surface area contributed by atoms with Crippen molar-refractivity contribution in [3.05, 3.63) is 28.5 Å². The monoisotopic (exact) mass is 413 g/mol. The average Bonchev–Trinajstić information content (AvgIpc) is 3.12. The highest BCUT2D eigenvalue weighted by molar-refractivity contribution is 5.87. The number of nitrogens with zero attached hydrogens (tertiary/aromatic N) is 1. The van der Waals surface area contributed by atoms with Crippen molar-refractivity contribution in [2.24, 2.45) is 0 Å². The molecule has 1 saturated heterocycles. The SMILES string of the molecule is C/C=C(\C)C(=O)O[C@@H]1CC[N+]2([O-])CC=C(COC(=O)[C@](O)([C@H](C)O)C(C)(C)O)[C@H]12. The van der Waals surface area contributed by atoms with Crippen LogP contribution in [-0.2, 0) is 19.1 Å². The molecule has 0 radical (unpaired) electrons. The Bertz CT molecular complexity index is 722. The molecule has 0 aromatic heterocycles. The highest BCUT2D eigenvalue weighted by atomic mass is 16.6. The van der Waals surface area contributed by atoms with E-state index in [1.54, 1.807) is 26.0 Å². The fourth-order valence-electron chi connectivity index (χ4n) is 3.89. The summed E-state index contributed by atoms with van der Waals surface area (Å²) in [5.41, 5.74) is -3.58. The van der Waals surface area contributed by atoms with Crippen LogP contribution in [0.4, 0.5) is 0 Å². The Labute approximate surface area is 170 Å². The molecular formula is C20H31NO8. The van der Waals surface area contributed by atoms with E-state index in [0.717, 1.165) is 0 Å². The minimum Gasteiger partial charge on any atom is -0.632 e. The summed E-state index contributed by atoms with van der Waals surface area (Å²) in [5.74, 6) is -1.70. The van der Waals surface area contributed by atoms with Gasteiger partial charge in [0.15, 0.2) is 12.1 Å². The number of hydrogen-bond acceptors (Lipinski definition) is 8. The fraction of sp³-hybridized carbons (Fsp3) is 0.700. The van der Waals surface area contributed by atoms with Gasteiger partial charge in [-0.15, -0.1) is 0 Å². The topological polar surface area (TPSA) is 136 Å². The van der Waals surface area contributed by atoms with Crippen LogP contribution in [0.25, 0.3) is 0 Å². The lowest BCUT2D eigenvalue weighted by Crippen LogP contribution is -2.63. The molecular weight excluding hydrogens is 382 g/mol. The Morgan fingerprint density at radius 1 is 1.41 bits per heavy atom. The predicted molar refractivity (Wildman–Crippen MR) is 103 cm³/mol. The molecule has 2 rings (SSSR count). The third-order valence-corrected chi connectivity index (χ3v) is 5.93. The number of fused-ring (bicyclic) bond motifs is 1. The molecule has 0 aromatic rings. The van der Waals surface area contributed by atoms with Crippen LogP contribution in [0.5, 0.6) is 0 Å². The number of aliphatic hydroxyl groups is 3. The Balaban J connectivity index is 2.13. The molecule has 9 nitrogen and oxygen atoms in total. The molecule has 3 N–H and O–H groups in total. The lowest BCUT2D eigenvalue weighted by atomic mass is 9.81. The van der Waals surface area contributed by atoms with Crippen molar-refractivity contribution in [3.63, 3.8) is 0 Å². The van der Waals surface area contributed by atoms with Crippen molar-refractivity contribution >= 4 is 11.9 Å². The molecule has 2 aliphatic rings. The minimum absolute atomic E-state index is 0.167. The van der Waals surface area contributed by atoms with Gasteiger partial charge in [0.2, 0.25) is 5.60 Å². The van der Waals surface area contributed by atoms with Gasteiger partial charge in [0.05, 0.1) is 19.2 Å². The lowest BCUT2D eigenvalue weighted by Gasteiger charge is -2.41. The van der Waals surface area contributed by atoms with Gasteiger partial charge in [0, 0.05) is 17.6 Å².